The zero-order valence-electron chi connectivity index (χ0n) is 11.6. The first-order valence-corrected chi connectivity index (χ1v) is 6.63. The molecule has 0 fully saturated rings. The lowest BCUT2D eigenvalue weighted by molar-refractivity contribution is -0.971. The van der Waals surface area contributed by atoms with Gasteiger partial charge in [-0.1, -0.05) is 26.2 Å². The third kappa shape index (κ3) is 8.58. The molecule has 0 rings (SSSR count). The van der Waals surface area contributed by atoms with Crippen molar-refractivity contribution in [1.29, 1.82) is 0 Å². The van der Waals surface area contributed by atoms with Gasteiger partial charge in [-0.3, -0.25) is 0 Å². The van der Waals surface area contributed by atoms with Crippen LogP contribution in [0.2, 0.25) is 0 Å². The van der Waals surface area contributed by atoms with Gasteiger partial charge in [-0.2, -0.15) is 0 Å². The van der Waals surface area contributed by atoms with Gasteiger partial charge in [0.1, 0.15) is 6.54 Å². The molecule has 0 amide bonds. The van der Waals surface area contributed by atoms with Crippen molar-refractivity contribution in [1.82, 2.24) is 0 Å². The van der Waals surface area contributed by atoms with Crippen LogP contribution in [0.1, 0.15) is 39.0 Å². The number of carboxylic acids is 1. The number of unbranched alkanes of at least 4 members (excludes halogenated alkanes) is 4. The monoisotopic (exact) mass is 275 g/mol. The predicted molar refractivity (Wildman–Crippen MR) is 68.2 cm³/mol. The van der Waals surface area contributed by atoms with Crippen LogP contribution in [0.4, 0.5) is 0 Å². The van der Waals surface area contributed by atoms with Crippen LogP contribution in [-0.4, -0.2) is 47.4 Å². The fraction of sp³-hybridized carbons (Fsp3) is 0.769. The molecule has 19 heavy (non-hydrogen) atoms. The van der Waals surface area contributed by atoms with E-state index < -0.39 is 30.5 Å². The summed E-state index contributed by atoms with van der Waals surface area (Å²) in [5.74, 6) is -1.34. The maximum Gasteiger partial charge on any atom is 0.227 e. The van der Waals surface area contributed by atoms with Crippen molar-refractivity contribution >= 4 is 5.97 Å². The standard InChI is InChI=1S/C13H25NO5/c1-2-3-4-5-6-7-8-19-12-14(10-15,11-16)9-13(17)18/h7-8,15-16H,2-6,9-12H2,1H3/b8-7+. The average molecular weight is 275 g/mol. The van der Waals surface area contributed by atoms with E-state index in [1.165, 1.54) is 25.5 Å². The van der Waals surface area contributed by atoms with E-state index in [-0.39, 0.29) is 6.73 Å². The van der Waals surface area contributed by atoms with E-state index in [0.29, 0.717) is 0 Å². The number of quaternary nitrogens is 1. The number of aliphatic hydroxyl groups is 2. The highest BCUT2D eigenvalue weighted by Crippen LogP contribution is 2.06. The number of aliphatic hydroxyl groups excluding tert-OH is 2. The van der Waals surface area contributed by atoms with E-state index in [9.17, 15) is 9.90 Å². The normalized spacial score (nSPS) is 11.9. The van der Waals surface area contributed by atoms with Crippen LogP contribution >= 0.6 is 0 Å². The first kappa shape index (κ1) is 17.9. The number of nitrogens with zero attached hydrogens (tertiary/aromatic N) is 1. The zero-order chi connectivity index (χ0) is 14.6. The number of rotatable bonds is 12. The van der Waals surface area contributed by atoms with Gasteiger partial charge in [-0.15, -0.1) is 0 Å². The Morgan fingerprint density at radius 2 is 1.95 bits per heavy atom. The van der Waals surface area contributed by atoms with Crippen molar-refractivity contribution in [2.24, 2.45) is 0 Å². The molecule has 0 heterocycles. The highest BCUT2D eigenvalue weighted by Gasteiger charge is 2.26. The number of carboxylic acid groups (broad SMARTS) is 1. The quantitative estimate of drug-likeness (QED) is 0.225. The molecule has 0 aliphatic rings. The van der Waals surface area contributed by atoms with Crippen molar-refractivity contribution in [3.8, 4) is 0 Å². The lowest BCUT2D eigenvalue weighted by Gasteiger charge is -2.33. The molecule has 0 radical (unpaired) electrons. The Morgan fingerprint density at radius 3 is 2.47 bits per heavy atom. The molecule has 0 aromatic rings. The second-order valence-electron chi connectivity index (χ2n) is 4.67. The molecule has 6 heteroatoms. The Kier molecular flexibility index (Phi) is 10.1. The van der Waals surface area contributed by atoms with Gasteiger partial charge in [0.2, 0.25) is 6.73 Å². The number of allylic oxidation sites excluding steroid dienone is 1. The highest BCUT2D eigenvalue weighted by atomic mass is 16.5. The van der Waals surface area contributed by atoms with E-state index in [0.717, 1.165) is 12.8 Å². The summed E-state index contributed by atoms with van der Waals surface area (Å²) in [5, 5.41) is 28.8. The molecule has 2 N–H and O–H groups in total. The Labute approximate surface area is 114 Å². The molecule has 0 spiro atoms. The minimum absolute atomic E-state index is 0.105. The van der Waals surface area contributed by atoms with E-state index in [1.807, 2.05) is 6.08 Å². The molecule has 0 saturated carbocycles. The first-order valence-electron chi connectivity index (χ1n) is 6.63. The maximum absolute atomic E-state index is 10.5. The van der Waals surface area contributed by atoms with Gasteiger partial charge < -0.3 is 24.9 Å². The minimum atomic E-state index is -1.34. The fourth-order valence-electron chi connectivity index (χ4n) is 1.57. The van der Waals surface area contributed by atoms with Gasteiger partial charge in [0.05, 0.1) is 12.2 Å². The summed E-state index contributed by atoms with van der Waals surface area (Å²) >= 11 is 0. The van der Waals surface area contributed by atoms with Gasteiger partial charge in [0.15, 0.2) is 13.5 Å². The van der Waals surface area contributed by atoms with Crippen molar-refractivity contribution in [2.45, 2.75) is 39.0 Å². The fourth-order valence-corrected chi connectivity index (χ4v) is 1.57. The second kappa shape index (κ2) is 10.8. The molecule has 0 saturated heterocycles. The van der Waals surface area contributed by atoms with Crippen LogP contribution in [-0.2, 0) is 9.53 Å². The van der Waals surface area contributed by atoms with Crippen LogP contribution in [0.15, 0.2) is 12.3 Å². The Balaban J connectivity index is 3.92. The summed E-state index contributed by atoms with van der Waals surface area (Å²) in [6, 6.07) is 0. The first-order chi connectivity index (χ1) is 9.10. The van der Waals surface area contributed by atoms with E-state index >= 15 is 0 Å². The lowest BCUT2D eigenvalue weighted by atomic mass is 10.2. The molecular weight excluding hydrogens is 250 g/mol. The molecule has 0 aliphatic carbocycles. The van der Waals surface area contributed by atoms with Crippen LogP contribution in [0.25, 0.3) is 0 Å². The van der Waals surface area contributed by atoms with Crippen molar-refractivity contribution in [2.75, 3.05) is 26.7 Å². The van der Waals surface area contributed by atoms with Gasteiger partial charge in [0.25, 0.3) is 0 Å². The molecule has 0 atom stereocenters. The highest BCUT2D eigenvalue weighted by molar-refractivity contribution is 5.65. The number of aliphatic carboxylic acids is 1. The third-order valence-corrected chi connectivity index (χ3v) is 2.83. The van der Waals surface area contributed by atoms with Crippen LogP contribution in [0, 0.1) is 0 Å². The Hall–Kier alpha value is -1.11. The molecule has 0 aliphatic heterocycles. The van der Waals surface area contributed by atoms with Gasteiger partial charge in [-0.05, 0) is 18.9 Å². The lowest BCUT2D eigenvalue weighted by Crippen LogP contribution is -2.56. The van der Waals surface area contributed by atoms with Crippen molar-refractivity contribution < 1.29 is 29.3 Å². The SMILES string of the molecule is CCCCCC/C=C/OC[N+](CO)(CO)CC(=O)[O-]. The van der Waals surface area contributed by atoms with Gasteiger partial charge >= 0.3 is 0 Å². The Morgan fingerprint density at radius 1 is 1.26 bits per heavy atom. The summed E-state index contributed by atoms with van der Waals surface area (Å²) in [6.07, 6.45) is 8.92. The number of hydrogen-bond acceptors (Lipinski definition) is 5. The van der Waals surface area contributed by atoms with Gasteiger partial charge in [0, 0.05) is 0 Å². The summed E-state index contributed by atoms with van der Waals surface area (Å²) in [6.45, 7) is 0.519. The molecule has 6 nitrogen and oxygen atoms in total. The Bertz CT molecular complexity index is 264. The number of ether oxygens (including phenoxy) is 1. The minimum Gasteiger partial charge on any atom is -0.544 e. The summed E-state index contributed by atoms with van der Waals surface area (Å²) < 4.78 is 4.69. The molecule has 112 valence electrons. The van der Waals surface area contributed by atoms with E-state index in [1.54, 1.807) is 0 Å². The number of carbonyl (C=O) groups is 1. The molecule has 0 aromatic heterocycles. The summed E-state index contributed by atoms with van der Waals surface area (Å²) in [7, 11) is 0. The van der Waals surface area contributed by atoms with Crippen molar-refractivity contribution in [3.05, 3.63) is 12.3 Å². The number of carbonyl (C=O) groups excluding carboxylic acids is 1. The second-order valence-corrected chi connectivity index (χ2v) is 4.67. The van der Waals surface area contributed by atoms with E-state index in [2.05, 4.69) is 6.92 Å². The smallest absolute Gasteiger partial charge is 0.227 e. The molecular formula is C13H25NO5. The van der Waals surface area contributed by atoms with Crippen molar-refractivity contribution in [3.63, 3.8) is 0 Å². The molecule has 0 unspecified atom stereocenters. The number of hydrogen-bond donors (Lipinski definition) is 2. The maximum atomic E-state index is 10.5. The van der Waals surface area contributed by atoms with Crippen LogP contribution in [0.5, 0.6) is 0 Å². The average Bonchev–Trinajstić information content (AvgIpc) is 2.40. The molecule has 0 aromatic carbocycles. The zero-order valence-corrected chi connectivity index (χ0v) is 11.6. The van der Waals surface area contributed by atoms with Crippen LogP contribution < -0.4 is 5.11 Å². The summed E-state index contributed by atoms with van der Waals surface area (Å²) in [4.78, 5) is 10.5. The predicted octanol–water partition coefficient (Wildman–Crippen LogP) is -0.0891. The largest absolute Gasteiger partial charge is 0.544 e. The van der Waals surface area contributed by atoms with Gasteiger partial charge in [-0.25, -0.2) is 4.48 Å². The third-order valence-electron chi connectivity index (χ3n) is 2.83. The van der Waals surface area contributed by atoms with Crippen LogP contribution in [0.3, 0.4) is 0 Å². The molecule has 0 bridgehead atoms. The summed E-state index contributed by atoms with van der Waals surface area (Å²) in [5.41, 5.74) is 0. The topological polar surface area (TPSA) is 89.8 Å². The van der Waals surface area contributed by atoms with E-state index in [4.69, 9.17) is 14.9 Å².